The summed E-state index contributed by atoms with van der Waals surface area (Å²) < 4.78 is 10.7. The van der Waals surface area contributed by atoms with E-state index in [0.29, 0.717) is 35.2 Å². The molecule has 19 aromatic rings. The predicted molar refractivity (Wildman–Crippen MR) is 505 cm³/mol. The molecule has 0 saturated carbocycles. The van der Waals surface area contributed by atoms with Crippen molar-refractivity contribution < 1.29 is 14.0 Å². The fourth-order valence-corrected chi connectivity index (χ4v) is 23.7. The summed E-state index contributed by atoms with van der Waals surface area (Å²) in [7, 11) is 0. The first-order valence-corrected chi connectivity index (χ1v) is 46.6. The Bertz CT molecular complexity index is 6840. The van der Waals surface area contributed by atoms with Crippen molar-refractivity contribution in [3.05, 3.63) is 482 Å². The van der Waals surface area contributed by atoms with E-state index in [1.807, 2.05) is 170 Å². The second kappa shape index (κ2) is 35.9. The van der Waals surface area contributed by atoms with Crippen molar-refractivity contribution in [3.8, 4) is 87.3 Å². The number of aliphatic imine (C=N–C) groups is 2. The number of hydrogen-bond acceptors (Lipinski definition) is 15. The van der Waals surface area contributed by atoms with Crippen molar-refractivity contribution in [1.29, 1.82) is 0 Å². The van der Waals surface area contributed by atoms with E-state index in [1.165, 1.54) is 64.1 Å². The molecule has 25 rings (SSSR count). The van der Waals surface area contributed by atoms with Gasteiger partial charge in [0.15, 0.2) is 11.6 Å². The molecular formula is C110H77N11O3SSe2. The minimum absolute atomic E-state index is 0.0301. The number of pyridine rings is 5. The zero-order valence-corrected chi connectivity index (χ0v) is 72.7. The van der Waals surface area contributed by atoms with Crippen LogP contribution < -0.4 is 0 Å². The first-order chi connectivity index (χ1) is 62.8. The van der Waals surface area contributed by atoms with Crippen LogP contribution in [0.3, 0.4) is 0 Å². The Morgan fingerprint density at radius 2 is 0.717 bits per heavy atom. The zero-order valence-electron chi connectivity index (χ0n) is 68.5. The molecule has 6 aliphatic rings. The van der Waals surface area contributed by atoms with Crippen LogP contribution in [0.2, 0.25) is 0 Å². The third-order valence-corrected chi connectivity index (χ3v) is 29.8. The molecule has 5 aliphatic carbocycles. The number of rotatable bonds is 10. The fraction of sp³-hybridized carbons (Fsp3) is 0.0818. The van der Waals surface area contributed by atoms with Crippen LogP contribution in [0.4, 0.5) is 0 Å². The molecule has 0 spiro atoms. The molecule has 0 N–H and O–H groups in total. The predicted octanol–water partition coefficient (Wildman–Crippen LogP) is 23.1. The average molecular weight is 1790 g/mol. The third-order valence-electron chi connectivity index (χ3n) is 24.0. The van der Waals surface area contributed by atoms with E-state index < -0.39 is 0 Å². The SMILES string of the molecule is O=C1C2=NC(c3cccnc3)=NC2c2ccccc2C1c1ccccc1.O=C1c2[se]c(-c3cccnc3)nc2-c2ccccc2C1c1ccccc1.c1ccc(C2Cc3[se]c(-c4cccnc4)nc3-c3ccccc32)cc1.c1ccc(C2Cc3oc(-c4cccnc4)nc3-c3ccccc32)cc1.c1ccc(C2Cc3sc(-c4cccnc4)nc3-c3ccccc32)cc1. The number of amidine groups is 1. The maximum absolute atomic E-state index is 13.4. The van der Waals surface area contributed by atoms with E-state index >= 15 is 0 Å². The second-order valence-electron chi connectivity index (χ2n) is 31.5. The first-order valence-electron chi connectivity index (χ1n) is 42.3. The summed E-state index contributed by atoms with van der Waals surface area (Å²) in [6.07, 6.45) is 20.9. The van der Waals surface area contributed by atoms with Crippen molar-refractivity contribution in [2.24, 2.45) is 9.98 Å². The summed E-state index contributed by atoms with van der Waals surface area (Å²) in [5.74, 6) is 2.94. The largest absolute Gasteiger partial charge is 0.440 e. The number of aromatic nitrogens is 9. The van der Waals surface area contributed by atoms with Crippen LogP contribution in [0.15, 0.2) is 410 Å². The van der Waals surface area contributed by atoms with Crippen LogP contribution in [-0.2, 0) is 24.1 Å². The molecule has 6 unspecified atom stereocenters. The number of thiazole rings is 1. The summed E-state index contributed by atoms with van der Waals surface area (Å²) in [6, 6.07) is 114. The van der Waals surface area contributed by atoms with Gasteiger partial charge in [0.25, 0.3) is 0 Å². The summed E-state index contributed by atoms with van der Waals surface area (Å²) in [5.41, 5.74) is 27.8. The van der Waals surface area contributed by atoms with Crippen molar-refractivity contribution in [2.75, 3.05) is 0 Å². The number of Topliss-reactive ketones (excluding diaryl/α,β-unsaturated/α-hetero) is 2. The second-order valence-corrected chi connectivity index (χ2v) is 37.0. The van der Waals surface area contributed by atoms with Gasteiger partial charge in [-0.3, -0.25) is 24.7 Å². The van der Waals surface area contributed by atoms with Gasteiger partial charge < -0.3 is 4.42 Å². The molecular weight excluding hydrogens is 1710 g/mol. The molecule has 0 amide bonds. The number of ketones is 2. The monoisotopic (exact) mass is 1790 g/mol. The van der Waals surface area contributed by atoms with Crippen LogP contribution >= 0.6 is 11.3 Å². The van der Waals surface area contributed by atoms with Gasteiger partial charge in [-0.25, -0.2) is 15.0 Å². The van der Waals surface area contributed by atoms with Gasteiger partial charge in [-0.05, 0) is 81.8 Å². The van der Waals surface area contributed by atoms with Gasteiger partial charge in [0, 0.05) is 82.6 Å². The van der Waals surface area contributed by atoms with Gasteiger partial charge in [0.1, 0.15) is 28.2 Å². The number of carbonyl (C=O) groups excluding carboxylic acids is 2. The number of oxazole rings is 1. The average Bonchev–Trinajstić information content (AvgIpc) is 1.63. The molecule has 0 bridgehead atoms. The van der Waals surface area contributed by atoms with E-state index in [1.54, 1.807) is 48.5 Å². The Morgan fingerprint density at radius 3 is 1.24 bits per heavy atom. The Labute approximate surface area is 750 Å². The van der Waals surface area contributed by atoms with Gasteiger partial charge >= 0.3 is 310 Å². The molecule has 17 heteroatoms. The molecule has 10 heterocycles. The molecule has 10 aromatic carbocycles. The maximum atomic E-state index is 13.4. The van der Waals surface area contributed by atoms with Crippen LogP contribution in [0.1, 0.15) is 127 Å². The number of hydrogen-bond donors (Lipinski definition) is 0. The van der Waals surface area contributed by atoms with Gasteiger partial charge in [0.2, 0.25) is 5.89 Å². The Balaban J connectivity index is 0.0000000967. The molecule has 14 nitrogen and oxygen atoms in total. The molecule has 0 fully saturated rings. The number of fused-ring (bicyclic) bond motifs is 15. The molecule has 608 valence electrons. The van der Waals surface area contributed by atoms with Crippen molar-refractivity contribution in [1.82, 2.24) is 44.9 Å². The minimum Gasteiger partial charge on any atom is -0.440 e. The Hall–Kier alpha value is -14.7. The minimum atomic E-state index is -0.328. The summed E-state index contributed by atoms with van der Waals surface area (Å²) in [4.78, 5) is 78.1. The van der Waals surface area contributed by atoms with Crippen molar-refractivity contribution in [2.45, 2.75) is 54.9 Å². The van der Waals surface area contributed by atoms with Gasteiger partial charge in [-0.15, -0.1) is 11.3 Å². The number of benzene rings is 10. The molecule has 0 radical (unpaired) electrons. The van der Waals surface area contributed by atoms with E-state index in [2.05, 4.69) is 218 Å². The molecule has 9 aromatic heterocycles. The van der Waals surface area contributed by atoms with E-state index in [0.717, 1.165) is 123 Å². The molecule has 6 atom stereocenters. The Morgan fingerprint density at radius 1 is 0.315 bits per heavy atom. The van der Waals surface area contributed by atoms with Crippen molar-refractivity contribution >= 4 is 63.5 Å². The van der Waals surface area contributed by atoms with Gasteiger partial charge in [-0.1, -0.05) is 164 Å². The maximum Gasteiger partial charge on any atom is 0.228 e. The van der Waals surface area contributed by atoms with Crippen LogP contribution in [-0.4, -0.2) is 97.0 Å². The fourth-order valence-electron chi connectivity index (χ4n) is 18.0. The first kappa shape index (κ1) is 79.5. The normalized spacial score (nSPS) is 16.5. The summed E-state index contributed by atoms with van der Waals surface area (Å²) >= 11 is 1.97. The molecule has 127 heavy (non-hydrogen) atoms. The number of nitrogens with zero attached hydrogens (tertiary/aromatic N) is 11. The van der Waals surface area contributed by atoms with Crippen LogP contribution in [0.25, 0.3) is 87.3 Å². The van der Waals surface area contributed by atoms with Crippen LogP contribution in [0.5, 0.6) is 0 Å². The van der Waals surface area contributed by atoms with E-state index in [-0.39, 0.29) is 58.5 Å². The molecule has 0 saturated heterocycles. The molecule has 1 aliphatic heterocycles. The number of carbonyl (C=O) groups is 2. The van der Waals surface area contributed by atoms with Crippen molar-refractivity contribution in [3.63, 3.8) is 0 Å². The standard InChI is InChI=1S/C22H15N3O.C22H14N2OSe.C22H16N2O.C22H16N2S.C22H16N2Se/c26-21-18(14-7-2-1-3-8-14)16-10-4-5-11-17(16)19-20(21)25-22(24-19)15-9-6-12-23-13-15;25-20-18(14-7-2-1-3-8-14)16-10-4-5-11-17(16)19-21(20)26-22(24-19)15-9-6-12-23-13-15;3*1-2-7-15(8-3-1)19-13-20-21(18-11-5-4-10-17(18)19)24-22(25-20)16-9-6-12-23-14-16/h1-13,18-19H;1-13,18H;3*1-12,14,19H,13H2. The topological polar surface area (TPSA) is 188 Å². The zero-order chi connectivity index (χ0) is 84.9. The summed E-state index contributed by atoms with van der Waals surface area (Å²) in [5, 5.41) is 1.06. The van der Waals surface area contributed by atoms with Gasteiger partial charge in [-0.2, -0.15) is 0 Å². The quantitative estimate of drug-likeness (QED) is 0.118. The third kappa shape index (κ3) is 16.0. The summed E-state index contributed by atoms with van der Waals surface area (Å²) in [6.45, 7) is 0. The van der Waals surface area contributed by atoms with Gasteiger partial charge in [0.05, 0.1) is 17.2 Å². The Kier molecular flexibility index (Phi) is 22.5. The van der Waals surface area contributed by atoms with Crippen LogP contribution in [0, 0.1) is 0 Å². The van der Waals surface area contributed by atoms with E-state index in [4.69, 9.17) is 29.3 Å². The van der Waals surface area contributed by atoms with E-state index in [9.17, 15) is 9.59 Å². The smallest absolute Gasteiger partial charge is 0.228 e.